The first-order chi connectivity index (χ1) is 17.7. The number of fused-ring (bicyclic) bond motifs is 2. The lowest BCUT2D eigenvalue weighted by atomic mass is 9.68. The van der Waals surface area contributed by atoms with Crippen LogP contribution in [0.25, 0.3) is 21.7 Å². The van der Waals surface area contributed by atoms with Gasteiger partial charge in [-0.2, -0.15) is 0 Å². The minimum absolute atomic E-state index is 0.00124. The normalized spacial score (nSPS) is 19.9. The number of hydrogen-bond acceptors (Lipinski definition) is 5. The lowest BCUT2D eigenvalue weighted by Gasteiger charge is -2.38. The van der Waals surface area contributed by atoms with Crippen LogP contribution in [0.2, 0.25) is 0 Å². The Morgan fingerprint density at radius 2 is 1.86 bits per heavy atom. The number of pyridine rings is 2. The highest BCUT2D eigenvalue weighted by molar-refractivity contribution is 5.92. The number of ether oxygens (including phenoxy) is 1. The van der Waals surface area contributed by atoms with Crippen LogP contribution < -0.4 is 10.5 Å². The molecular weight excluding hydrogens is 450 g/mol. The Kier molecular flexibility index (Phi) is 5.36. The summed E-state index contributed by atoms with van der Waals surface area (Å²) in [7, 11) is 0. The van der Waals surface area contributed by atoms with Crippen molar-refractivity contribution in [2.75, 3.05) is 44.3 Å². The number of anilines is 1. The number of rotatable bonds is 5. The molecule has 1 aliphatic carbocycles. The summed E-state index contributed by atoms with van der Waals surface area (Å²) >= 11 is 0. The second kappa shape index (κ2) is 8.75. The molecule has 0 atom stereocenters. The highest BCUT2D eigenvalue weighted by Gasteiger charge is 2.42. The highest BCUT2D eigenvalue weighted by Crippen LogP contribution is 2.48. The maximum Gasteiger partial charge on any atom is 0.260 e. The number of aromatic nitrogens is 3. The van der Waals surface area contributed by atoms with Gasteiger partial charge in [0.25, 0.3) is 5.56 Å². The van der Waals surface area contributed by atoms with E-state index in [0.717, 1.165) is 41.8 Å². The third-order valence-corrected chi connectivity index (χ3v) is 8.65. The molecule has 4 aromatic rings. The van der Waals surface area contributed by atoms with Gasteiger partial charge in [0, 0.05) is 55.2 Å². The first-order valence-electron chi connectivity index (χ1n) is 13.3. The number of hydrogen-bond donors (Lipinski definition) is 1. The van der Waals surface area contributed by atoms with Crippen molar-refractivity contribution >= 4 is 27.4 Å². The van der Waals surface area contributed by atoms with E-state index in [2.05, 4.69) is 50.1 Å². The molecule has 0 unspecified atom stereocenters. The molecule has 36 heavy (non-hydrogen) atoms. The number of nitrogens with one attached hydrogen (secondary N) is 1. The Labute approximate surface area is 210 Å². The van der Waals surface area contributed by atoms with Crippen LogP contribution in [0, 0.1) is 5.41 Å². The van der Waals surface area contributed by atoms with Gasteiger partial charge in [0.05, 0.1) is 37.0 Å². The van der Waals surface area contributed by atoms with Crippen molar-refractivity contribution in [2.45, 2.75) is 38.8 Å². The Bertz CT molecular complexity index is 1480. The highest BCUT2D eigenvalue weighted by atomic mass is 16.5. The fourth-order valence-electron chi connectivity index (χ4n) is 6.48. The number of likely N-dealkylation sites (tertiary alicyclic amines) is 1. The molecule has 3 aromatic heterocycles. The average Bonchev–Trinajstić information content (AvgIpc) is 3.50. The van der Waals surface area contributed by atoms with E-state index < -0.39 is 0 Å². The van der Waals surface area contributed by atoms with Crippen LogP contribution >= 0.6 is 0 Å². The summed E-state index contributed by atoms with van der Waals surface area (Å²) in [6.45, 7) is 7.05. The molecule has 2 aliphatic heterocycles. The predicted molar refractivity (Wildman–Crippen MR) is 143 cm³/mol. The van der Waals surface area contributed by atoms with Crippen LogP contribution in [0.15, 0.2) is 53.7 Å². The van der Waals surface area contributed by atoms with Gasteiger partial charge >= 0.3 is 0 Å². The van der Waals surface area contributed by atoms with E-state index in [0.29, 0.717) is 30.6 Å². The van der Waals surface area contributed by atoms with Gasteiger partial charge in [-0.3, -0.25) is 14.7 Å². The molecule has 186 valence electrons. The zero-order valence-corrected chi connectivity index (χ0v) is 20.7. The fourth-order valence-corrected chi connectivity index (χ4v) is 6.48. The summed E-state index contributed by atoms with van der Waals surface area (Å²) in [6, 6.07) is 10.8. The van der Waals surface area contributed by atoms with Crippen molar-refractivity contribution in [1.29, 1.82) is 0 Å². The van der Waals surface area contributed by atoms with Gasteiger partial charge in [0.15, 0.2) is 0 Å². The van der Waals surface area contributed by atoms with Gasteiger partial charge < -0.3 is 19.2 Å². The summed E-state index contributed by atoms with van der Waals surface area (Å²) in [5.74, 6) is 0. The number of aromatic amines is 1. The molecular formula is C29H33N5O2. The SMILES string of the molecule is O=c1c2cncc(N3CCOCC3)c2ccn1Cc1ccc2cc(CN3CCC4(CCC4)C3)[nH]c2c1. The lowest BCUT2D eigenvalue weighted by Crippen LogP contribution is -2.36. The molecule has 0 bridgehead atoms. The molecule has 1 saturated carbocycles. The third kappa shape index (κ3) is 3.91. The molecule has 1 N–H and O–H groups in total. The van der Waals surface area contributed by atoms with Gasteiger partial charge in [-0.25, -0.2) is 0 Å². The van der Waals surface area contributed by atoms with Crippen LogP contribution in [0.1, 0.15) is 36.9 Å². The van der Waals surface area contributed by atoms with Crippen molar-refractivity contribution in [3.63, 3.8) is 0 Å². The molecule has 1 aromatic carbocycles. The number of benzene rings is 1. The topological polar surface area (TPSA) is 66.4 Å². The summed E-state index contributed by atoms with van der Waals surface area (Å²) in [5, 5.41) is 2.86. The second-order valence-electron chi connectivity index (χ2n) is 11.0. The van der Waals surface area contributed by atoms with E-state index in [1.807, 2.05) is 12.4 Å². The molecule has 2 saturated heterocycles. The van der Waals surface area contributed by atoms with Gasteiger partial charge in [-0.1, -0.05) is 18.6 Å². The molecule has 0 radical (unpaired) electrons. The minimum atomic E-state index is 0.00124. The molecule has 0 amide bonds. The van der Waals surface area contributed by atoms with Gasteiger partial charge in [0.2, 0.25) is 0 Å². The van der Waals surface area contributed by atoms with Crippen molar-refractivity contribution < 1.29 is 4.74 Å². The fraction of sp³-hybridized carbons (Fsp3) is 0.448. The van der Waals surface area contributed by atoms with E-state index >= 15 is 0 Å². The van der Waals surface area contributed by atoms with Crippen molar-refractivity contribution in [1.82, 2.24) is 19.4 Å². The predicted octanol–water partition coefficient (Wildman–Crippen LogP) is 4.14. The second-order valence-corrected chi connectivity index (χ2v) is 11.0. The molecule has 7 rings (SSSR count). The quantitative estimate of drug-likeness (QED) is 0.462. The largest absolute Gasteiger partial charge is 0.378 e. The van der Waals surface area contributed by atoms with E-state index in [9.17, 15) is 4.79 Å². The van der Waals surface area contributed by atoms with E-state index in [1.165, 1.54) is 49.9 Å². The van der Waals surface area contributed by atoms with Gasteiger partial charge in [0.1, 0.15) is 0 Å². The minimum Gasteiger partial charge on any atom is -0.378 e. The molecule has 3 aliphatic rings. The number of nitrogens with zero attached hydrogens (tertiary/aromatic N) is 4. The Morgan fingerprint density at radius 3 is 2.67 bits per heavy atom. The standard InChI is InChI=1S/C29H33N5O2/c35-28-25-16-30-17-27(33-10-12-36-13-11-33)24(25)4-8-34(28)18-21-2-3-22-15-23(31-26(22)14-21)19-32-9-7-29(20-32)5-1-6-29/h2-4,8,14-17,31H,1,5-7,9-13,18-20H2. The Hall–Kier alpha value is -3.16. The third-order valence-electron chi connectivity index (χ3n) is 8.65. The molecule has 7 nitrogen and oxygen atoms in total. The van der Waals surface area contributed by atoms with Crippen molar-refractivity contribution in [3.05, 3.63) is 70.5 Å². The van der Waals surface area contributed by atoms with Crippen LogP contribution in [-0.4, -0.2) is 58.8 Å². The number of morpholine rings is 1. The average molecular weight is 484 g/mol. The zero-order chi connectivity index (χ0) is 24.1. The Morgan fingerprint density at radius 1 is 0.972 bits per heavy atom. The van der Waals surface area contributed by atoms with Crippen molar-refractivity contribution in [3.8, 4) is 0 Å². The van der Waals surface area contributed by atoms with Crippen molar-refractivity contribution in [2.24, 2.45) is 5.41 Å². The lowest BCUT2D eigenvalue weighted by molar-refractivity contribution is 0.123. The summed E-state index contributed by atoms with van der Waals surface area (Å²) in [4.78, 5) is 26.3. The van der Waals surface area contributed by atoms with E-state index in [1.54, 1.807) is 10.8 Å². The first-order valence-corrected chi connectivity index (χ1v) is 13.3. The van der Waals surface area contributed by atoms with E-state index in [-0.39, 0.29) is 5.56 Å². The molecule has 1 spiro atoms. The van der Waals surface area contributed by atoms with Crippen LogP contribution in [0.4, 0.5) is 5.69 Å². The van der Waals surface area contributed by atoms with Crippen LogP contribution in [-0.2, 0) is 17.8 Å². The summed E-state index contributed by atoms with van der Waals surface area (Å²) in [5.41, 5.74) is 5.19. The molecule has 5 heterocycles. The van der Waals surface area contributed by atoms with E-state index in [4.69, 9.17) is 4.74 Å². The molecule has 7 heteroatoms. The summed E-state index contributed by atoms with van der Waals surface area (Å²) in [6.07, 6.45) is 11.1. The summed E-state index contributed by atoms with van der Waals surface area (Å²) < 4.78 is 7.28. The monoisotopic (exact) mass is 483 g/mol. The smallest absolute Gasteiger partial charge is 0.260 e. The maximum absolute atomic E-state index is 13.4. The first kappa shape index (κ1) is 22.1. The van der Waals surface area contributed by atoms with Crippen LogP contribution in [0.5, 0.6) is 0 Å². The maximum atomic E-state index is 13.4. The Balaban J connectivity index is 1.12. The number of H-pyrrole nitrogens is 1. The van der Waals surface area contributed by atoms with Gasteiger partial charge in [-0.15, -0.1) is 0 Å². The van der Waals surface area contributed by atoms with Gasteiger partial charge in [-0.05, 0) is 60.4 Å². The van der Waals surface area contributed by atoms with Crippen LogP contribution in [0.3, 0.4) is 0 Å². The zero-order valence-electron chi connectivity index (χ0n) is 20.7. The molecule has 3 fully saturated rings.